The van der Waals surface area contributed by atoms with Gasteiger partial charge in [-0.3, -0.25) is 9.59 Å². The van der Waals surface area contributed by atoms with Gasteiger partial charge in [-0.15, -0.1) is 11.3 Å². The topological polar surface area (TPSA) is 58.2 Å². The van der Waals surface area contributed by atoms with Crippen molar-refractivity contribution in [1.82, 2.24) is 5.32 Å². The number of carbonyl (C=O) groups is 2. The molecule has 1 heterocycles. The predicted molar refractivity (Wildman–Crippen MR) is 101 cm³/mol. The van der Waals surface area contributed by atoms with Crippen LogP contribution in [0.2, 0.25) is 0 Å². The van der Waals surface area contributed by atoms with E-state index in [-0.39, 0.29) is 11.5 Å². The van der Waals surface area contributed by atoms with E-state index in [1.165, 1.54) is 17.4 Å². The van der Waals surface area contributed by atoms with E-state index in [0.717, 1.165) is 12.1 Å². The lowest BCUT2D eigenvalue weighted by Crippen LogP contribution is -2.27. The number of carbonyl (C=O) groups excluding carboxylic acids is 2. The van der Waals surface area contributed by atoms with E-state index in [4.69, 9.17) is 0 Å². The van der Waals surface area contributed by atoms with Gasteiger partial charge >= 0.3 is 0 Å². The fourth-order valence-corrected chi connectivity index (χ4v) is 3.13. The van der Waals surface area contributed by atoms with Crippen molar-refractivity contribution in [2.45, 2.75) is 13.0 Å². The molecule has 0 bridgehead atoms. The van der Waals surface area contributed by atoms with Crippen LogP contribution in [0.3, 0.4) is 0 Å². The zero-order chi connectivity index (χ0) is 19.4. The quantitative estimate of drug-likeness (QED) is 0.664. The van der Waals surface area contributed by atoms with Crippen molar-refractivity contribution in [3.05, 3.63) is 87.6 Å². The van der Waals surface area contributed by atoms with Crippen molar-refractivity contribution in [3.63, 3.8) is 0 Å². The second-order valence-corrected chi connectivity index (χ2v) is 6.82. The minimum absolute atomic E-state index is 0.199. The van der Waals surface area contributed by atoms with Crippen LogP contribution in [0.25, 0.3) is 0 Å². The Morgan fingerprint density at radius 1 is 1.00 bits per heavy atom. The van der Waals surface area contributed by atoms with Gasteiger partial charge in [-0.1, -0.05) is 12.1 Å². The molecule has 1 aromatic heterocycles. The van der Waals surface area contributed by atoms with E-state index >= 15 is 0 Å². The van der Waals surface area contributed by atoms with Crippen LogP contribution >= 0.6 is 11.3 Å². The average molecular weight is 386 g/mol. The van der Waals surface area contributed by atoms with Crippen LogP contribution in [-0.2, 0) is 0 Å². The number of amides is 2. The summed E-state index contributed by atoms with van der Waals surface area (Å²) in [7, 11) is 0. The minimum atomic E-state index is -0.713. The highest BCUT2D eigenvalue weighted by Crippen LogP contribution is 2.19. The number of nitrogens with one attached hydrogen (secondary N) is 2. The summed E-state index contributed by atoms with van der Waals surface area (Å²) in [5, 5.41) is 7.23. The molecule has 3 aromatic rings. The van der Waals surface area contributed by atoms with Crippen molar-refractivity contribution in [1.29, 1.82) is 0 Å². The summed E-state index contributed by atoms with van der Waals surface area (Å²) in [6.07, 6.45) is 0. The molecule has 138 valence electrons. The molecule has 3 rings (SSSR count). The lowest BCUT2D eigenvalue weighted by molar-refractivity contribution is 0.0939. The molecule has 0 saturated carbocycles. The summed E-state index contributed by atoms with van der Waals surface area (Å²) >= 11 is 1.33. The summed E-state index contributed by atoms with van der Waals surface area (Å²) < 4.78 is 26.8. The number of hydrogen-bond donors (Lipinski definition) is 2. The average Bonchev–Trinajstić information content (AvgIpc) is 3.17. The van der Waals surface area contributed by atoms with Gasteiger partial charge in [-0.2, -0.15) is 0 Å². The van der Waals surface area contributed by atoms with Gasteiger partial charge in [0.15, 0.2) is 0 Å². The summed E-state index contributed by atoms with van der Waals surface area (Å²) in [6, 6.07) is 12.5. The van der Waals surface area contributed by atoms with Gasteiger partial charge in [0.1, 0.15) is 11.6 Å². The normalized spacial score (nSPS) is 11.7. The van der Waals surface area contributed by atoms with Crippen LogP contribution in [0.4, 0.5) is 14.5 Å². The van der Waals surface area contributed by atoms with E-state index in [0.29, 0.717) is 16.1 Å². The van der Waals surface area contributed by atoms with E-state index < -0.39 is 23.6 Å². The Kier molecular flexibility index (Phi) is 5.61. The zero-order valence-electron chi connectivity index (χ0n) is 14.3. The van der Waals surface area contributed by atoms with E-state index in [2.05, 4.69) is 10.6 Å². The van der Waals surface area contributed by atoms with Crippen LogP contribution in [0, 0.1) is 11.6 Å². The first-order valence-electron chi connectivity index (χ1n) is 8.15. The van der Waals surface area contributed by atoms with Gasteiger partial charge in [0, 0.05) is 22.9 Å². The van der Waals surface area contributed by atoms with E-state index in [1.54, 1.807) is 43.3 Å². The van der Waals surface area contributed by atoms with Gasteiger partial charge in [0.05, 0.1) is 10.9 Å². The van der Waals surface area contributed by atoms with Gasteiger partial charge in [0.2, 0.25) is 0 Å². The first kappa shape index (κ1) is 18.7. The lowest BCUT2D eigenvalue weighted by Gasteiger charge is -2.15. The molecule has 0 saturated heterocycles. The molecule has 1 atom stereocenters. The molecule has 1 unspecified atom stereocenters. The lowest BCUT2D eigenvalue weighted by atomic mass is 10.1. The van der Waals surface area contributed by atoms with E-state index in [9.17, 15) is 18.4 Å². The molecule has 4 nitrogen and oxygen atoms in total. The monoisotopic (exact) mass is 386 g/mol. The predicted octanol–water partition coefficient (Wildman–Crippen LogP) is 4.77. The first-order chi connectivity index (χ1) is 12.9. The van der Waals surface area contributed by atoms with Crippen LogP contribution in [-0.4, -0.2) is 11.8 Å². The standard InChI is InChI=1S/C20H16F2N2O2S/c1-12(16-9-6-14(21)11-17(16)22)23-19(25)13-4-7-15(8-5-13)24-20(26)18-3-2-10-27-18/h2-12H,1H3,(H,23,25)(H,24,26). The maximum atomic E-state index is 13.8. The van der Waals surface area contributed by atoms with Crippen molar-refractivity contribution >= 4 is 28.8 Å². The number of hydrogen-bond acceptors (Lipinski definition) is 3. The van der Waals surface area contributed by atoms with Crippen LogP contribution in [0.15, 0.2) is 60.0 Å². The van der Waals surface area contributed by atoms with Gasteiger partial charge in [-0.25, -0.2) is 8.78 Å². The largest absolute Gasteiger partial charge is 0.345 e. The molecule has 0 fully saturated rings. The SMILES string of the molecule is CC(NC(=O)c1ccc(NC(=O)c2cccs2)cc1)c1ccc(F)cc1F. The third-order valence-electron chi connectivity index (χ3n) is 3.93. The van der Waals surface area contributed by atoms with Crippen molar-refractivity contribution in [2.24, 2.45) is 0 Å². The number of halogens is 2. The Balaban J connectivity index is 1.64. The Morgan fingerprint density at radius 3 is 2.37 bits per heavy atom. The molecular formula is C20H16F2N2O2S. The Hall–Kier alpha value is -3.06. The van der Waals surface area contributed by atoms with Gasteiger partial charge in [-0.05, 0) is 48.7 Å². The maximum Gasteiger partial charge on any atom is 0.265 e. The third kappa shape index (κ3) is 4.57. The minimum Gasteiger partial charge on any atom is -0.345 e. The molecular weight excluding hydrogens is 370 g/mol. The zero-order valence-corrected chi connectivity index (χ0v) is 15.1. The molecule has 27 heavy (non-hydrogen) atoms. The molecule has 0 aliphatic carbocycles. The Labute approximate surface area is 158 Å². The fourth-order valence-electron chi connectivity index (χ4n) is 2.52. The highest BCUT2D eigenvalue weighted by molar-refractivity contribution is 7.12. The molecule has 0 radical (unpaired) electrons. The third-order valence-corrected chi connectivity index (χ3v) is 4.80. The molecule has 7 heteroatoms. The second-order valence-electron chi connectivity index (χ2n) is 5.87. The second kappa shape index (κ2) is 8.09. The number of thiophene rings is 1. The van der Waals surface area contributed by atoms with Crippen molar-refractivity contribution < 1.29 is 18.4 Å². The van der Waals surface area contributed by atoms with Crippen LogP contribution < -0.4 is 10.6 Å². The van der Waals surface area contributed by atoms with Gasteiger partial charge < -0.3 is 10.6 Å². The number of anilines is 1. The maximum absolute atomic E-state index is 13.8. The first-order valence-corrected chi connectivity index (χ1v) is 9.03. The summed E-state index contributed by atoms with van der Waals surface area (Å²) in [4.78, 5) is 24.9. The van der Waals surface area contributed by atoms with E-state index in [1.807, 2.05) is 5.38 Å². The smallest absolute Gasteiger partial charge is 0.265 e. The van der Waals surface area contributed by atoms with Crippen LogP contribution in [0.5, 0.6) is 0 Å². The molecule has 0 aliphatic heterocycles. The van der Waals surface area contributed by atoms with Crippen molar-refractivity contribution in [3.8, 4) is 0 Å². The van der Waals surface area contributed by atoms with Crippen molar-refractivity contribution in [2.75, 3.05) is 5.32 Å². The molecule has 0 aliphatic rings. The van der Waals surface area contributed by atoms with Gasteiger partial charge in [0.25, 0.3) is 11.8 Å². The summed E-state index contributed by atoms with van der Waals surface area (Å²) in [5.74, 6) is -2.01. The van der Waals surface area contributed by atoms with Crippen LogP contribution in [0.1, 0.15) is 38.6 Å². The molecule has 2 amide bonds. The highest BCUT2D eigenvalue weighted by atomic mass is 32.1. The molecule has 0 spiro atoms. The number of benzene rings is 2. The molecule has 2 N–H and O–H groups in total. The Morgan fingerprint density at radius 2 is 1.74 bits per heavy atom. The summed E-state index contributed by atoms with van der Waals surface area (Å²) in [5.41, 5.74) is 1.12. The highest BCUT2D eigenvalue weighted by Gasteiger charge is 2.15. The summed E-state index contributed by atoms with van der Waals surface area (Å²) in [6.45, 7) is 1.61. The Bertz CT molecular complexity index is 957. The fraction of sp³-hybridized carbons (Fsp3) is 0.100. The number of rotatable bonds is 5. The molecule has 2 aromatic carbocycles.